The molecule has 10 heteroatoms. The monoisotopic (exact) mass is 1100 g/mol. The summed E-state index contributed by atoms with van der Waals surface area (Å²) in [6.07, 6.45) is 82.2. The lowest BCUT2D eigenvalue weighted by Crippen LogP contribution is -2.29. The summed E-state index contributed by atoms with van der Waals surface area (Å²) >= 11 is 0. The fourth-order valence-corrected chi connectivity index (χ4v) is 9.81. The molecule has 0 fully saturated rings. The molecule has 3 N–H and O–H groups in total. The zero-order valence-electron chi connectivity index (χ0n) is 49.9. The molecule has 2 unspecified atom stereocenters. The number of hydrogen-bond donors (Lipinski definition) is 2. The van der Waals surface area contributed by atoms with Gasteiger partial charge in [-0.3, -0.25) is 18.6 Å². The summed E-state index contributed by atoms with van der Waals surface area (Å²) in [5.41, 5.74) is 5.39. The Kier molecular flexibility index (Phi) is 60.1. The molecule has 0 aliphatic carbocycles. The Balaban J connectivity index is 3.92. The van der Waals surface area contributed by atoms with Crippen LogP contribution in [0.2, 0.25) is 0 Å². The third kappa shape index (κ3) is 62.3. The molecule has 0 saturated heterocycles. The zero-order valence-corrected chi connectivity index (χ0v) is 50.8. The van der Waals surface area contributed by atoms with Gasteiger partial charge < -0.3 is 20.1 Å². The highest BCUT2D eigenvalue weighted by Gasteiger charge is 2.26. The Hall–Kier alpha value is -2.81. The Labute approximate surface area is 474 Å². The number of unbranched alkanes of at least 4 members (excludes halogenated alkanes) is 33. The van der Waals surface area contributed by atoms with E-state index in [2.05, 4.69) is 98.9 Å². The first kappa shape index (κ1) is 74.2. The first-order valence-corrected chi connectivity index (χ1v) is 33.6. The van der Waals surface area contributed by atoms with Crippen LogP contribution in [-0.4, -0.2) is 49.3 Å². The van der Waals surface area contributed by atoms with Gasteiger partial charge in [-0.15, -0.1) is 0 Å². The van der Waals surface area contributed by atoms with Gasteiger partial charge in [-0.2, -0.15) is 0 Å². The normalized spacial score (nSPS) is 13.6. The fraction of sp³-hybridized carbons (Fsp3) is 0.761. The third-order valence-electron chi connectivity index (χ3n) is 13.8. The van der Waals surface area contributed by atoms with E-state index in [9.17, 15) is 19.0 Å². The molecule has 0 amide bonds. The van der Waals surface area contributed by atoms with Gasteiger partial charge in [0.15, 0.2) is 6.10 Å². The lowest BCUT2D eigenvalue weighted by Gasteiger charge is -2.19. The smallest absolute Gasteiger partial charge is 0.462 e. The number of carbonyl (C=O) groups excluding carboxylic acids is 2. The highest BCUT2D eigenvalue weighted by atomic mass is 31.2. The molecule has 2 atom stereocenters. The van der Waals surface area contributed by atoms with Crippen LogP contribution >= 0.6 is 7.82 Å². The summed E-state index contributed by atoms with van der Waals surface area (Å²) in [6.45, 7) is 3.65. The molecule has 0 radical (unpaired) electrons. The molecular formula is C67H120NO8P. The van der Waals surface area contributed by atoms with Crippen LogP contribution in [0, 0.1) is 0 Å². The van der Waals surface area contributed by atoms with Gasteiger partial charge in [-0.1, -0.05) is 279 Å². The van der Waals surface area contributed by atoms with E-state index in [-0.39, 0.29) is 38.6 Å². The van der Waals surface area contributed by atoms with E-state index in [0.717, 1.165) is 77.0 Å². The van der Waals surface area contributed by atoms with Crippen molar-refractivity contribution in [1.29, 1.82) is 0 Å². The maximum atomic E-state index is 12.7. The lowest BCUT2D eigenvalue weighted by molar-refractivity contribution is -0.161. The van der Waals surface area contributed by atoms with Crippen molar-refractivity contribution in [2.75, 3.05) is 26.4 Å². The molecule has 0 aromatic rings. The second kappa shape index (κ2) is 62.4. The fourth-order valence-electron chi connectivity index (χ4n) is 9.05. The standard InChI is InChI=1S/C67H120NO8P/c1-3-5-7-9-11-13-15-17-19-21-23-25-27-29-31-32-34-35-37-39-41-43-45-47-49-51-53-55-57-59-66(69)73-63-65(64-75-77(71,72)74-62-61-68)76-67(70)60-58-56-54-52-50-48-46-44-42-40-38-36-33-30-28-26-24-22-20-18-16-14-12-10-8-6-4-2/h6,8,12,14-15,17-18,20-21,23-24,26-27,29,65H,3-5,7,9-11,13,16,19,22,25,28,30-64,68H2,1-2H3,(H,71,72)/b8-6-,14-12-,17-15-,20-18-,23-21-,26-24-,29-27-. The molecule has 77 heavy (non-hydrogen) atoms. The molecule has 0 spiro atoms. The van der Waals surface area contributed by atoms with Crippen LogP contribution in [0.1, 0.15) is 296 Å². The van der Waals surface area contributed by atoms with Crippen molar-refractivity contribution >= 4 is 19.8 Å². The first-order chi connectivity index (χ1) is 37.8. The third-order valence-corrected chi connectivity index (χ3v) is 14.7. The number of rotatable bonds is 60. The van der Waals surface area contributed by atoms with Crippen molar-refractivity contribution < 1.29 is 37.6 Å². The van der Waals surface area contributed by atoms with E-state index >= 15 is 0 Å². The van der Waals surface area contributed by atoms with E-state index in [4.69, 9.17) is 24.3 Å². The number of phosphoric ester groups is 1. The Morgan fingerprint density at radius 1 is 0.403 bits per heavy atom. The Morgan fingerprint density at radius 2 is 0.714 bits per heavy atom. The highest BCUT2D eigenvalue weighted by Crippen LogP contribution is 2.43. The summed E-state index contributed by atoms with van der Waals surface area (Å²) in [4.78, 5) is 35.3. The predicted octanol–water partition coefficient (Wildman–Crippen LogP) is 20.6. The number of allylic oxidation sites excluding steroid dienone is 14. The highest BCUT2D eigenvalue weighted by molar-refractivity contribution is 7.47. The summed E-state index contributed by atoms with van der Waals surface area (Å²) < 4.78 is 33.1. The van der Waals surface area contributed by atoms with Crippen LogP contribution in [0.4, 0.5) is 0 Å². The number of nitrogens with two attached hydrogens (primary N) is 1. The quantitative estimate of drug-likeness (QED) is 0.0264. The molecular weight excluding hydrogens is 978 g/mol. The molecule has 0 aromatic heterocycles. The van der Waals surface area contributed by atoms with Gasteiger partial charge in [0.25, 0.3) is 0 Å². The lowest BCUT2D eigenvalue weighted by atomic mass is 10.0. The minimum atomic E-state index is -4.39. The molecule has 9 nitrogen and oxygen atoms in total. The number of ether oxygens (including phenoxy) is 2. The summed E-state index contributed by atoms with van der Waals surface area (Å²) in [5, 5.41) is 0. The van der Waals surface area contributed by atoms with Crippen LogP contribution in [0.25, 0.3) is 0 Å². The van der Waals surface area contributed by atoms with Crippen LogP contribution in [-0.2, 0) is 32.7 Å². The van der Waals surface area contributed by atoms with Crippen molar-refractivity contribution in [2.24, 2.45) is 5.73 Å². The summed E-state index contributed by atoms with van der Waals surface area (Å²) in [7, 11) is -4.39. The summed E-state index contributed by atoms with van der Waals surface area (Å²) in [6, 6.07) is 0. The van der Waals surface area contributed by atoms with E-state index in [1.807, 2.05) is 0 Å². The second-order valence-electron chi connectivity index (χ2n) is 21.2. The molecule has 0 aliphatic heterocycles. The Morgan fingerprint density at radius 3 is 1.06 bits per heavy atom. The number of esters is 2. The molecule has 0 heterocycles. The van der Waals surface area contributed by atoms with E-state index in [1.165, 1.54) is 186 Å². The van der Waals surface area contributed by atoms with Crippen molar-refractivity contribution in [3.8, 4) is 0 Å². The summed E-state index contributed by atoms with van der Waals surface area (Å²) in [5.74, 6) is -0.822. The van der Waals surface area contributed by atoms with E-state index < -0.39 is 26.5 Å². The topological polar surface area (TPSA) is 134 Å². The molecule has 0 bridgehead atoms. The second-order valence-corrected chi connectivity index (χ2v) is 22.7. The first-order valence-electron chi connectivity index (χ1n) is 32.1. The molecule has 0 aromatic carbocycles. The molecule has 446 valence electrons. The molecule has 0 rings (SSSR count). The zero-order chi connectivity index (χ0) is 55.9. The van der Waals surface area contributed by atoms with Gasteiger partial charge >= 0.3 is 19.8 Å². The predicted molar refractivity (Wildman–Crippen MR) is 330 cm³/mol. The van der Waals surface area contributed by atoms with Crippen LogP contribution in [0.3, 0.4) is 0 Å². The minimum absolute atomic E-state index is 0.0512. The van der Waals surface area contributed by atoms with E-state index in [0.29, 0.717) is 6.42 Å². The van der Waals surface area contributed by atoms with Gasteiger partial charge in [-0.05, 0) is 89.9 Å². The van der Waals surface area contributed by atoms with Gasteiger partial charge in [0.2, 0.25) is 0 Å². The van der Waals surface area contributed by atoms with Crippen molar-refractivity contribution in [3.05, 3.63) is 85.1 Å². The maximum absolute atomic E-state index is 12.7. The molecule has 0 aliphatic rings. The SMILES string of the molecule is CC/C=C\C/C=C\C/C=C\C/C=C\CCCCCCCCCCCCCCCCC(=O)OC(COC(=O)CCCCCCCCCCCCCCCC/C=C\C/C=C\C/C=C\CCCCCCC)COP(=O)(O)OCCN. The van der Waals surface area contributed by atoms with Gasteiger partial charge in [-0.25, -0.2) is 4.57 Å². The average molecular weight is 1100 g/mol. The Bertz CT molecular complexity index is 1530. The molecule has 0 saturated carbocycles. The van der Waals surface area contributed by atoms with Gasteiger partial charge in [0.05, 0.1) is 13.2 Å². The van der Waals surface area contributed by atoms with Gasteiger partial charge in [0, 0.05) is 19.4 Å². The van der Waals surface area contributed by atoms with Gasteiger partial charge in [0.1, 0.15) is 6.61 Å². The number of carbonyl (C=O) groups is 2. The van der Waals surface area contributed by atoms with E-state index in [1.54, 1.807) is 0 Å². The minimum Gasteiger partial charge on any atom is -0.462 e. The van der Waals surface area contributed by atoms with Crippen LogP contribution < -0.4 is 5.73 Å². The van der Waals surface area contributed by atoms with Crippen LogP contribution in [0.5, 0.6) is 0 Å². The maximum Gasteiger partial charge on any atom is 0.472 e. The number of hydrogen-bond acceptors (Lipinski definition) is 8. The largest absolute Gasteiger partial charge is 0.472 e. The van der Waals surface area contributed by atoms with Crippen molar-refractivity contribution in [1.82, 2.24) is 0 Å². The van der Waals surface area contributed by atoms with Crippen molar-refractivity contribution in [2.45, 2.75) is 302 Å². The average Bonchev–Trinajstić information content (AvgIpc) is 3.42. The number of phosphoric acid groups is 1. The van der Waals surface area contributed by atoms with Crippen molar-refractivity contribution in [3.63, 3.8) is 0 Å². The van der Waals surface area contributed by atoms with Crippen LogP contribution in [0.15, 0.2) is 85.1 Å².